The van der Waals surface area contributed by atoms with Gasteiger partial charge in [0.25, 0.3) is 0 Å². The Morgan fingerprint density at radius 2 is 1.43 bits per heavy atom. The third-order valence-corrected chi connectivity index (χ3v) is 6.02. The molecule has 23 heavy (non-hydrogen) atoms. The Kier molecular flexibility index (Phi) is 5.37. The monoisotopic (exact) mass is 330 g/mol. The van der Waals surface area contributed by atoms with E-state index in [1.165, 1.54) is 0 Å². The number of Topliss-reactive ketones (excluding diaryl/α,β-unsaturated/α-hetero) is 1. The van der Waals surface area contributed by atoms with Crippen LogP contribution in [0.1, 0.15) is 40.9 Å². The summed E-state index contributed by atoms with van der Waals surface area (Å²) in [6.07, 6.45) is 0.351. The van der Waals surface area contributed by atoms with Crippen LogP contribution in [-0.4, -0.2) is 19.5 Å². The van der Waals surface area contributed by atoms with Crippen LogP contribution >= 0.6 is 0 Å². The highest BCUT2D eigenvalue weighted by Gasteiger charge is 2.17. The first kappa shape index (κ1) is 17.4. The van der Waals surface area contributed by atoms with Gasteiger partial charge in [-0.15, -0.1) is 0 Å². The summed E-state index contributed by atoms with van der Waals surface area (Å²) < 4.78 is 23.8. The maximum Gasteiger partial charge on any atom is 0.167 e. The first-order chi connectivity index (χ1) is 10.8. The fraction of sp³-hybridized carbons (Fsp3) is 0.316. The van der Waals surface area contributed by atoms with Gasteiger partial charge in [0.15, 0.2) is 15.6 Å². The normalized spacial score (nSPS) is 11.7. The van der Waals surface area contributed by atoms with Crippen molar-refractivity contribution in [3.8, 4) is 0 Å². The molecular formula is C19H22O3S. The molecule has 122 valence electrons. The molecule has 0 amide bonds. The molecule has 0 bridgehead atoms. The van der Waals surface area contributed by atoms with Crippen LogP contribution in [0.25, 0.3) is 0 Å². The first-order valence-electron chi connectivity index (χ1n) is 7.67. The van der Waals surface area contributed by atoms with Gasteiger partial charge in [-0.1, -0.05) is 54.1 Å². The summed E-state index contributed by atoms with van der Waals surface area (Å²) in [6.45, 7) is 5.36. The molecule has 0 aliphatic heterocycles. The lowest BCUT2D eigenvalue weighted by atomic mass is 10.0. The number of rotatable bonds is 6. The summed E-state index contributed by atoms with van der Waals surface area (Å²) >= 11 is 0. The molecule has 2 aromatic rings. The molecule has 0 radical (unpaired) electrons. The van der Waals surface area contributed by atoms with Crippen LogP contribution in [0, 0.1) is 6.92 Å². The Morgan fingerprint density at radius 3 is 1.96 bits per heavy atom. The van der Waals surface area contributed by atoms with E-state index in [9.17, 15) is 13.2 Å². The van der Waals surface area contributed by atoms with Crippen molar-refractivity contribution in [2.45, 2.75) is 38.2 Å². The Bertz CT molecular complexity index is 770. The van der Waals surface area contributed by atoms with Gasteiger partial charge in [0.05, 0.1) is 11.0 Å². The number of aryl methyl sites for hydroxylation is 1. The van der Waals surface area contributed by atoms with E-state index in [-0.39, 0.29) is 11.5 Å². The Hall–Kier alpha value is -1.94. The Morgan fingerprint density at radius 1 is 0.913 bits per heavy atom. The minimum absolute atomic E-state index is 0.0110. The summed E-state index contributed by atoms with van der Waals surface area (Å²) in [4.78, 5) is 12.3. The molecule has 0 saturated heterocycles. The van der Waals surface area contributed by atoms with Gasteiger partial charge in [-0.3, -0.25) is 4.79 Å². The van der Waals surface area contributed by atoms with E-state index in [0.29, 0.717) is 17.5 Å². The van der Waals surface area contributed by atoms with Crippen molar-refractivity contribution in [3.05, 3.63) is 70.8 Å². The van der Waals surface area contributed by atoms with Crippen molar-refractivity contribution in [1.82, 2.24) is 0 Å². The second-order valence-corrected chi connectivity index (χ2v) is 8.70. The lowest BCUT2D eigenvalue weighted by molar-refractivity contribution is 0.0993. The Balaban J connectivity index is 2.07. The van der Waals surface area contributed by atoms with Crippen LogP contribution < -0.4 is 0 Å². The molecule has 0 unspecified atom stereocenters. The first-order valence-corrected chi connectivity index (χ1v) is 9.39. The quantitative estimate of drug-likeness (QED) is 0.758. The molecule has 0 fully saturated rings. The number of ketones is 1. The minimum Gasteiger partial charge on any atom is -0.294 e. The van der Waals surface area contributed by atoms with Crippen LogP contribution in [0.15, 0.2) is 48.5 Å². The highest BCUT2D eigenvalue weighted by molar-refractivity contribution is 7.91. The molecule has 0 saturated carbocycles. The fourth-order valence-electron chi connectivity index (χ4n) is 2.18. The van der Waals surface area contributed by atoms with Gasteiger partial charge in [0, 0.05) is 12.0 Å². The SMILES string of the molecule is Cc1ccc(CC(=O)c2ccc(CS(=O)(=O)C(C)C)cc2)cc1. The molecule has 0 spiro atoms. The molecular weight excluding hydrogens is 308 g/mol. The molecule has 0 aromatic heterocycles. The molecule has 2 aromatic carbocycles. The van der Waals surface area contributed by atoms with Crippen LogP contribution in [0.4, 0.5) is 0 Å². The molecule has 0 heterocycles. The van der Waals surface area contributed by atoms with Crippen molar-refractivity contribution in [1.29, 1.82) is 0 Å². The number of sulfone groups is 1. The highest BCUT2D eigenvalue weighted by atomic mass is 32.2. The van der Waals surface area contributed by atoms with E-state index in [4.69, 9.17) is 0 Å². The molecule has 0 aliphatic rings. The van der Waals surface area contributed by atoms with Crippen molar-refractivity contribution in [3.63, 3.8) is 0 Å². The summed E-state index contributed by atoms with van der Waals surface area (Å²) in [5, 5.41) is -0.398. The summed E-state index contributed by atoms with van der Waals surface area (Å²) in [5.41, 5.74) is 3.46. The maximum absolute atomic E-state index is 12.3. The van der Waals surface area contributed by atoms with Gasteiger partial charge in [-0.2, -0.15) is 0 Å². The van der Waals surface area contributed by atoms with Crippen molar-refractivity contribution in [2.24, 2.45) is 0 Å². The zero-order valence-corrected chi connectivity index (χ0v) is 14.6. The number of hydrogen-bond acceptors (Lipinski definition) is 3. The number of hydrogen-bond donors (Lipinski definition) is 0. The summed E-state index contributed by atoms with van der Waals surface area (Å²) in [5.74, 6) is 0.0454. The van der Waals surface area contributed by atoms with Crippen LogP contribution in [0.3, 0.4) is 0 Å². The lowest BCUT2D eigenvalue weighted by Crippen LogP contribution is -2.16. The number of carbonyl (C=O) groups is 1. The zero-order chi connectivity index (χ0) is 17.0. The molecule has 0 atom stereocenters. The van der Waals surface area contributed by atoms with Crippen molar-refractivity contribution in [2.75, 3.05) is 0 Å². The van der Waals surface area contributed by atoms with E-state index >= 15 is 0 Å². The highest BCUT2D eigenvalue weighted by Crippen LogP contribution is 2.14. The van der Waals surface area contributed by atoms with Crippen LogP contribution in [-0.2, 0) is 22.0 Å². The van der Waals surface area contributed by atoms with Gasteiger partial charge in [0.1, 0.15) is 0 Å². The molecule has 4 heteroatoms. The van der Waals surface area contributed by atoms with E-state index in [2.05, 4.69) is 0 Å². The molecule has 2 rings (SSSR count). The van der Waals surface area contributed by atoms with Crippen LogP contribution in [0.5, 0.6) is 0 Å². The predicted molar refractivity (Wildman–Crippen MR) is 93.4 cm³/mol. The predicted octanol–water partition coefficient (Wildman–Crippen LogP) is 3.74. The Labute approximate surface area is 138 Å². The summed E-state index contributed by atoms with van der Waals surface area (Å²) in [6, 6.07) is 14.8. The molecule has 0 aliphatic carbocycles. The van der Waals surface area contributed by atoms with E-state index < -0.39 is 15.1 Å². The second kappa shape index (κ2) is 7.09. The van der Waals surface area contributed by atoms with E-state index in [1.807, 2.05) is 31.2 Å². The van der Waals surface area contributed by atoms with Gasteiger partial charge in [-0.05, 0) is 31.9 Å². The van der Waals surface area contributed by atoms with E-state index in [1.54, 1.807) is 38.1 Å². The van der Waals surface area contributed by atoms with Crippen molar-refractivity contribution < 1.29 is 13.2 Å². The molecule has 3 nitrogen and oxygen atoms in total. The van der Waals surface area contributed by atoms with Gasteiger partial charge < -0.3 is 0 Å². The van der Waals surface area contributed by atoms with Gasteiger partial charge in [0.2, 0.25) is 0 Å². The van der Waals surface area contributed by atoms with E-state index in [0.717, 1.165) is 11.1 Å². The largest absolute Gasteiger partial charge is 0.294 e. The second-order valence-electron chi connectivity index (χ2n) is 6.14. The zero-order valence-electron chi connectivity index (χ0n) is 13.7. The van der Waals surface area contributed by atoms with Crippen LogP contribution in [0.2, 0.25) is 0 Å². The number of benzene rings is 2. The van der Waals surface area contributed by atoms with Gasteiger partial charge in [-0.25, -0.2) is 8.42 Å². The average molecular weight is 330 g/mol. The standard InChI is InChI=1S/C19H22O3S/c1-14(2)23(21,22)13-17-8-10-18(11-9-17)19(20)12-16-6-4-15(3)5-7-16/h4-11,14H,12-13H2,1-3H3. The molecule has 0 N–H and O–H groups in total. The smallest absolute Gasteiger partial charge is 0.167 e. The fourth-order valence-corrected chi connectivity index (χ4v) is 3.17. The van der Waals surface area contributed by atoms with Crippen molar-refractivity contribution >= 4 is 15.6 Å². The average Bonchev–Trinajstić information content (AvgIpc) is 2.49. The third kappa shape index (κ3) is 4.76. The number of carbonyl (C=O) groups excluding carboxylic acids is 1. The summed E-state index contributed by atoms with van der Waals surface area (Å²) in [7, 11) is -3.12. The lowest BCUT2D eigenvalue weighted by Gasteiger charge is -2.08. The topological polar surface area (TPSA) is 51.2 Å². The maximum atomic E-state index is 12.3. The third-order valence-electron chi connectivity index (χ3n) is 3.85. The van der Waals surface area contributed by atoms with Gasteiger partial charge >= 0.3 is 0 Å². The minimum atomic E-state index is -3.12.